The van der Waals surface area contributed by atoms with Crippen LogP contribution in [0.25, 0.3) is 0 Å². The second-order valence-electron chi connectivity index (χ2n) is 5.42. The van der Waals surface area contributed by atoms with E-state index in [4.69, 9.17) is 25.9 Å². The standard InChI is InChI=1S/C18H16ClNO4/c1-11-9-16(15-8-7-14(22-2)10-17(15)23-11)20-24-18(21)12-3-5-13(19)6-4-12/h3-8,10-11H,9H2,1-2H3/b20-16+/t11-/m0/s1. The van der Waals surface area contributed by atoms with Crippen LogP contribution >= 0.6 is 11.6 Å². The molecule has 0 bridgehead atoms. The Kier molecular flexibility index (Phi) is 4.71. The average Bonchev–Trinajstić information content (AvgIpc) is 2.59. The van der Waals surface area contributed by atoms with Gasteiger partial charge in [0.1, 0.15) is 17.6 Å². The highest BCUT2D eigenvalue weighted by molar-refractivity contribution is 6.30. The Balaban J connectivity index is 1.83. The predicted molar refractivity (Wildman–Crippen MR) is 91.1 cm³/mol. The number of benzene rings is 2. The fourth-order valence-electron chi connectivity index (χ4n) is 2.43. The van der Waals surface area contributed by atoms with Crippen molar-refractivity contribution in [1.29, 1.82) is 0 Å². The minimum absolute atomic E-state index is 0.0717. The lowest BCUT2D eigenvalue weighted by atomic mass is 10.0. The Morgan fingerprint density at radius 3 is 2.71 bits per heavy atom. The molecule has 0 radical (unpaired) electrons. The lowest BCUT2D eigenvalue weighted by molar-refractivity contribution is 0.0513. The van der Waals surface area contributed by atoms with Crippen LogP contribution in [-0.4, -0.2) is 24.9 Å². The summed E-state index contributed by atoms with van der Waals surface area (Å²) < 4.78 is 11.0. The fourth-order valence-corrected chi connectivity index (χ4v) is 2.55. The molecule has 0 saturated heterocycles. The maximum Gasteiger partial charge on any atom is 0.365 e. The zero-order chi connectivity index (χ0) is 17.1. The third-order valence-electron chi connectivity index (χ3n) is 3.63. The van der Waals surface area contributed by atoms with Crippen LogP contribution in [0.2, 0.25) is 5.02 Å². The van der Waals surface area contributed by atoms with Crippen molar-refractivity contribution < 1.29 is 19.1 Å². The lowest BCUT2D eigenvalue weighted by Crippen LogP contribution is -2.25. The molecule has 3 rings (SSSR count). The van der Waals surface area contributed by atoms with Gasteiger partial charge in [0.2, 0.25) is 0 Å². The SMILES string of the molecule is COc1ccc2c(c1)O[C@@H](C)C/C2=N\OC(=O)c1ccc(Cl)cc1. The molecule has 2 aromatic rings. The van der Waals surface area contributed by atoms with Gasteiger partial charge in [-0.25, -0.2) is 4.79 Å². The minimum atomic E-state index is -0.534. The summed E-state index contributed by atoms with van der Waals surface area (Å²) in [6.07, 6.45) is 0.477. The maximum absolute atomic E-state index is 12.1. The van der Waals surface area contributed by atoms with Crippen molar-refractivity contribution in [2.45, 2.75) is 19.4 Å². The molecule has 1 aliphatic heterocycles. The van der Waals surface area contributed by atoms with E-state index in [1.807, 2.05) is 19.1 Å². The summed E-state index contributed by atoms with van der Waals surface area (Å²) in [5.74, 6) is 0.822. The number of nitrogens with zero attached hydrogens (tertiary/aromatic N) is 1. The van der Waals surface area contributed by atoms with Gasteiger partial charge in [-0.05, 0) is 43.3 Å². The van der Waals surface area contributed by atoms with Gasteiger partial charge in [0, 0.05) is 23.1 Å². The predicted octanol–water partition coefficient (Wildman–Crippen LogP) is 4.08. The van der Waals surface area contributed by atoms with E-state index in [2.05, 4.69) is 5.16 Å². The fraction of sp³-hybridized carbons (Fsp3) is 0.222. The van der Waals surface area contributed by atoms with E-state index in [0.717, 1.165) is 5.56 Å². The van der Waals surface area contributed by atoms with Gasteiger partial charge in [0.25, 0.3) is 0 Å². The third-order valence-corrected chi connectivity index (χ3v) is 3.88. The van der Waals surface area contributed by atoms with Gasteiger partial charge >= 0.3 is 5.97 Å². The Bertz CT molecular complexity index is 786. The molecule has 0 amide bonds. The van der Waals surface area contributed by atoms with Gasteiger partial charge in [-0.3, -0.25) is 0 Å². The highest BCUT2D eigenvalue weighted by atomic mass is 35.5. The average molecular weight is 346 g/mol. The molecule has 1 heterocycles. The molecule has 0 N–H and O–H groups in total. The molecule has 5 nitrogen and oxygen atoms in total. The number of ether oxygens (including phenoxy) is 2. The van der Waals surface area contributed by atoms with Crippen molar-refractivity contribution in [1.82, 2.24) is 0 Å². The molecule has 0 saturated carbocycles. The van der Waals surface area contributed by atoms with E-state index in [1.54, 1.807) is 37.4 Å². The second kappa shape index (κ2) is 6.93. The molecule has 0 fully saturated rings. The van der Waals surface area contributed by atoms with E-state index < -0.39 is 5.97 Å². The molecule has 24 heavy (non-hydrogen) atoms. The summed E-state index contributed by atoms with van der Waals surface area (Å²) in [5.41, 5.74) is 1.84. The Morgan fingerprint density at radius 1 is 1.25 bits per heavy atom. The zero-order valence-corrected chi connectivity index (χ0v) is 14.0. The summed E-state index contributed by atoms with van der Waals surface area (Å²) in [4.78, 5) is 17.2. The van der Waals surface area contributed by atoms with Crippen LogP contribution in [0.15, 0.2) is 47.6 Å². The lowest BCUT2D eigenvalue weighted by Gasteiger charge is -2.24. The van der Waals surface area contributed by atoms with Gasteiger partial charge in [0.05, 0.1) is 18.4 Å². The number of carbonyl (C=O) groups is 1. The molecule has 0 spiro atoms. The van der Waals surface area contributed by atoms with E-state index in [9.17, 15) is 4.79 Å². The van der Waals surface area contributed by atoms with Crippen LogP contribution in [-0.2, 0) is 4.84 Å². The van der Waals surface area contributed by atoms with Crippen molar-refractivity contribution >= 4 is 23.3 Å². The van der Waals surface area contributed by atoms with Crippen LogP contribution in [0.3, 0.4) is 0 Å². The maximum atomic E-state index is 12.1. The molecular formula is C18H16ClNO4. The first-order valence-electron chi connectivity index (χ1n) is 7.45. The summed E-state index contributed by atoms with van der Waals surface area (Å²) in [5, 5.41) is 4.60. The summed E-state index contributed by atoms with van der Waals surface area (Å²) in [7, 11) is 1.59. The monoisotopic (exact) mass is 345 g/mol. The van der Waals surface area contributed by atoms with Crippen LogP contribution in [0.1, 0.15) is 29.3 Å². The smallest absolute Gasteiger partial charge is 0.365 e. The number of methoxy groups -OCH3 is 1. The Morgan fingerprint density at radius 2 is 2.00 bits per heavy atom. The number of hydrogen-bond acceptors (Lipinski definition) is 5. The van der Waals surface area contributed by atoms with E-state index in [0.29, 0.717) is 34.2 Å². The van der Waals surface area contributed by atoms with Crippen LogP contribution in [0, 0.1) is 0 Å². The second-order valence-corrected chi connectivity index (χ2v) is 5.85. The van der Waals surface area contributed by atoms with E-state index in [-0.39, 0.29) is 6.10 Å². The summed E-state index contributed by atoms with van der Waals surface area (Å²) in [6, 6.07) is 11.9. The first-order chi connectivity index (χ1) is 11.6. The van der Waals surface area contributed by atoms with Crippen LogP contribution < -0.4 is 9.47 Å². The normalized spacial score (nSPS) is 17.8. The Labute approximate surface area is 144 Å². The van der Waals surface area contributed by atoms with Crippen molar-refractivity contribution in [3.8, 4) is 11.5 Å². The number of halogens is 1. The Hall–Kier alpha value is -2.53. The van der Waals surface area contributed by atoms with Gasteiger partial charge < -0.3 is 14.3 Å². The quantitative estimate of drug-likeness (QED) is 0.621. The molecule has 0 aliphatic carbocycles. The van der Waals surface area contributed by atoms with Crippen LogP contribution in [0.5, 0.6) is 11.5 Å². The molecule has 0 aromatic heterocycles. The van der Waals surface area contributed by atoms with Crippen molar-refractivity contribution in [2.24, 2.45) is 5.16 Å². The highest BCUT2D eigenvalue weighted by Crippen LogP contribution is 2.31. The molecule has 1 aliphatic rings. The molecule has 2 aromatic carbocycles. The van der Waals surface area contributed by atoms with Crippen molar-refractivity contribution in [2.75, 3.05) is 7.11 Å². The minimum Gasteiger partial charge on any atom is -0.497 e. The number of carbonyl (C=O) groups excluding carboxylic acids is 1. The molecule has 1 atom stereocenters. The summed E-state index contributed by atoms with van der Waals surface area (Å²) in [6.45, 7) is 1.93. The van der Waals surface area contributed by atoms with Crippen molar-refractivity contribution in [3.05, 3.63) is 58.6 Å². The van der Waals surface area contributed by atoms with Crippen molar-refractivity contribution in [3.63, 3.8) is 0 Å². The molecule has 124 valence electrons. The third kappa shape index (κ3) is 3.51. The number of rotatable bonds is 3. The summed E-state index contributed by atoms with van der Waals surface area (Å²) >= 11 is 5.81. The van der Waals surface area contributed by atoms with Gasteiger partial charge in [-0.1, -0.05) is 16.8 Å². The molecule has 6 heteroatoms. The van der Waals surface area contributed by atoms with Crippen LogP contribution in [0.4, 0.5) is 0 Å². The topological polar surface area (TPSA) is 57.1 Å². The molecule has 0 unspecified atom stereocenters. The van der Waals surface area contributed by atoms with Gasteiger partial charge in [-0.2, -0.15) is 0 Å². The zero-order valence-electron chi connectivity index (χ0n) is 13.3. The van der Waals surface area contributed by atoms with E-state index in [1.165, 1.54) is 0 Å². The number of fused-ring (bicyclic) bond motifs is 1. The first-order valence-corrected chi connectivity index (χ1v) is 7.83. The van der Waals surface area contributed by atoms with E-state index >= 15 is 0 Å². The highest BCUT2D eigenvalue weighted by Gasteiger charge is 2.23. The van der Waals surface area contributed by atoms with Gasteiger partial charge in [-0.15, -0.1) is 0 Å². The largest absolute Gasteiger partial charge is 0.497 e. The van der Waals surface area contributed by atoms with Gasteiger partial charge in [0.15, 0.2) is 0 Å². The molecular weight excluding hydrogens is 330 g/mol. The number of hydrogen-bond donors (Lipinski definition) is 0. The first kappa shape index (κ1) is 16.3. The number of oxime groups is 1.